The summed E-state index contributed by atoms with van der Waals surface area (Å²) in [4.78, 5) is 13.8. The fraction of sp³-hybridized carbons (Fsp3) is 0.214. The lowest BCUT2D eigenvalue weighted by Crippen LogP contribution is -2.23. The lowest BCUT2D eigenvalue weighted by molar-refractivity contribution is -0.120. The average molecular weight is 290 g/mol. The van der Waals surface area contributed by atoms with Gasteiger partial charge >= 0.3 is 0 Å². The molecule has 19 heavy (non-hydrogen) atoms. The Kier molecular flexibility index (Phi) is 5.16. The first-order chi connectivity index (χ1) is 9.28. The van der Waals surface area contributed by atoms with Gasteiger partial charge in [-0.1, -0.05) is 11.8 Å². The van der Waals surface area contributed by atoms with Gasteiger partial charge in [-0.15, -0.1) is 11.3 Å². The molecule has 2 rings (SSSR count). The van der Waals surface area contributed by atoms with Crippen molar-refractivity contribution in [1.29, 1.82) is 0 Å². The average Bonchev–Trinajstić information content (AvgIpc) is 3.05. The zero-order chi connectivity index (χ0) is 13.5. The fourth-order valence-corrected chi connectivity index (χ4v) is 3.00. The van der Waals surface area contributed by atoms with Crippen LogP contribution < -0.4 is 11.1 Å². The number of hydrogen-bond donors (Lipinski definition) is 2. The summed E-state index contributed by atoms with van der Waals surface area (Å²) in [5.41, 5.74) is 6.38. The first-order valence-electron chi connectivity index (χ1n) is 5.83. The number of thiophene rings is 2. The minimum Gasteiger partial charge on any atom is -0.351 e. The molecule has 0 spiro atoms. The first kappa shape index (κ1) is 13.8. The smallest absolute Gasteiger partial charge is 0.224 e. The Morgan fingerprint density at radius 2 is 2.26 bits per heavy atom. The summed E-state index contributed by atoms with van der Waals surface area (Å²) in [6.45, 7) is 0.919. The van der Waals surface area contributed by atoms with Gasteiger partial charge in [0.25, 0.3) is 0 Å². The number of nitrogens with one attached hydrogen (secondary N) is 1. The van der Waals surface area contributed by atoms with Crippen LogP contribution >= 0.6 is 22.7 Å². The third-order valence-electron chi connectivity index (χ3n) is 2.38. The Hall–Kier alpha value is -1.61. The molecule has 2 heterocycles. The SMILES string of the molecule is NCC#Cc1ccc(CNC(=O)Cc2ccsc2)s1. The van der Waals surface area contributed by atoms with E-state index in [0.717, 1.165) is 15.3 Å². The summed E-state index contributed by atoms with van der Waals surface area (Å²) in [6, 6.07) is 5.90. The zero-order valence-corrected chi connectivity index (χ0v) is 11.9. The van der Waals surface area contributed by atoms with Gasteiger partial charge in [-0.05, 0) is 34.5 Å². The molecule has 3 nitrogen and oxygen atoms in total. The van der Waals surface area contributed by atoms with Gasteiger partial charge in [0.2, 0.25) is 5.91 Å². The van der Waals surface area contributed by atoms with E-state index >= 15 is 0 Å². The molecule has 0 aliphatic carbocycles. The van der Waals surface area contributed by atoms with E-state index in [9.17, 15) is 4.79 Å². The molecule has 0 atom stereocenters. The van der Waals surface area contributed by atoms with Crippen molar-refractivity contribution in [2.75, 3.05) is 6.54 Å². The molecule has 3 N–H and O–H groups in total. The number of carbonyl (C=O) groups excluding carboxylic acids is 1. The minimum atomic E-state index is 0.0430. The Bertz CT molecular complexity index is 590. The van der Waals surface area contributed by atoms with E-state index in [-0.39, 0.29) is 5.91 Å². The van der Waals surface area contributed by atoms with Gasteiger partial charge in [0.15, 0.2) is 0 Å². The molecule has 0 saturated heterocycles. The lowest BCUT2D eigenvalue weighted by Gasteiger charge is -2.01. The van der Waals surface area contributed by atoms with Gasteiger partial charge in [-0.3, -0.25) is 4.79 Å². The molecule has 2 aromatic rings. The molecular weight excluding hydrogens is 276 g/mol. The van der Waals surface area contributed by atoms with Gasteiger partial charge in [-0.2, -0.15) is 11.3 Å². The van der Waals surface area contributed by atoms with Crippen LogP contribution in [0.4, 0.5) is 0 Å². The largest absolute Gasteiger partial charge is 0.351 e. The Morgan fingerprint density at radius 1 is 1.37 bits per heavy atom. The van der Waals surface area contributed by atoms with E-state index in [2.05, 4.69) is 17.2 Å². The van der Waals surface area contributed by atoms with Crippen LogP contribution in [0, 0.1) is 11.8 Å². The number of rotatable bonds is 4. The molecule has 1 amide bonds. The quantitative estimate of drug-likeness (QED) is 0.846. The van der Waals surface area contributed by atoms with E-state index in [1.54, 1.807) is 22.7 Å². The molecule has 98 valence electrons. The fourth-order valence-electron chi connectivity index (χ4n) is 1.51. The molecular formula is C14H14N2OS2. The van der Waals surface area contributed by atoms with Crippen molar-refractivity contribution in [2.24, 2.45) is 5.73 Å². The highest BCUT2D eigenvalue weighted by Crippen LogP contribution is 2.15. The van der Waals surface area contributed by atoms with Crippen molar-refractivity contribution >= 4 is 28.6 Å². The van der Waals surface area contributed by atoms with Crippen LogP contribution in [0.5, 0.6) is 0 Å². The maximum absolute atomic E-state index is 11.7. The zero-order valence-electron chi connectivity index (χ0n) is 10.3. The van der Waals surface area contributed by atoms with Crippen molar-refractivity contribution in [3.8, 4) is 11.8 Å². The summed E-state index contributed by atoms with van der Waals surface area (Å²) in [5.74, 6) is 5.84. The van der Waals surface area contributed by atoms with Crippen molar-refractivity contribution in [1.82, 2.24) is 5.32 Å². The third-order valence-corrected chi connectivity index (χ3v) is 4.11. The molecule has 0 aliphatic rings. The number of carbonyl (C=O) groups is 1. The van der Waals surface area contributed by atoms with E-state index < -0.39 is 0 Å². The van der Waals surface area contributed by atoms with Gasteiger partial charge in [0.1, 0.15) is 0 Å². The van der Waals surface area contributed by atoms with Crippen LogP contribution in [0.25, 0.3) is 0 Å². The normalized spacial score (nSPS) is 9.74. The first-order valence-corrected chi connectivity index (χ1v) is 7.59. The second-order valence-corrected chi connectivity index (χ2v) is 5.81. The summed E-state index contributed by atoms with van der Waals surface area (Å²) >= 11 is 3.18. The monoisotopic (exact) mass is 290 g/mol. The standard InChI is InChI=1S/C14H14N2OS2/c15-6-1-2-12-3-4-13(19-12)9-16-14(17)8-11-5-7-18-10-11/h3-5,7,10H,6,8-9,15H2,(H,16,17). The van der Waals surface area contributed by atoms with E-state index in [0.29, 0.717) is 19.5 Å². The molecule has 0 bridgehead atoms. The van der Waals surface area contributed by atoms with Gasteiger partial charge in [0, 0.05) is 4.88 Å². The molecule has 2 aromatic heterocycles. The number of nitrogens with two attached hydrogens (primary N) is 1. The molecule has 5 heteroatoms. The van der Waals surface area contributed by atoms with Crippen molar-refractivity contribution < 1.29 is 4.79 Å². The highest BCUT2D eigenvalue weighted by molar-refractivity contribution is 7.12. The van der Waals surface area contributed by atoms with Gasteiger partial charge < -0.3 is 11.1 Å². The summed E-state index contributed by atoms with van der Waals surface area (Å²) in [6.07, 6.45) is 0.439. The van der Waals surface area contributed by atoms with Crippen LogP contribution in [-0.4, -0.2) is 12.5 Å². The highest BCUT2D eigenvalue weighted by atomic mass is 32.1. The Balaban J connectivity index is 1.81. The maximum Gasteiger partial charge on any atom is 0.224 e. The maximum atomic E-state index is 11.7. The minimum absolute atomic E-state index is 0.0430. The predicted octanol–water partition coefficient (Wildman–Crippen LogP) is 1.98. The van der Waals surface area contributed by atoms with Crippen LogP contribution in [0.3, 0.4) is 0 Å². The van der Waals surface area contributed by atoms with Gasteiger partial charge in [-0.25, -0.2) is 0 Å². The van der Waals surface area contributed by atoms with Crippen molar-refractivity contribution in [2.45, 2.75) is 13.0 Å². The van der Waals surface area contributed by atoms with E-state index in [1.165, 1.54) is 0 Å². The Morgan fingerprint density at radius 3 is 3.00 bits per heavy atom. The molecule has 0 saturated carbocycles. The summed E-state index contributed by atoms with van der Waals surface area (Å²) in [5, 5.41) is 6.88. The summed E-state index contributed by atoms with van der Waals surface area (Å²) in [7, 11) is 0. The second kappa shape index (κ2) is 7.10. The lowest BCUT2D eigenvalue weighted by atomic mass is 10.2. The Labute approximate surface area is 120 Å². The predicted molar refractivity (Wildman–Crippen MR) is 80.1 cm³/mol. The van der Waals surface area contributed by atoms with E-state index in [4.69, 9.17) is 5.73 Å². The molecule has 0 fully saturated rings. The van der Waals surface area contributed by atoms with Crippen molar-refractivity contribution in [3.05, 3.63) is 44.3 Å². The van der Waals surface area contributed by atoms with Crippen LogP contribution in [0.2, 0.25) is 0 Å². The molecule has 0 radical (unpaired) electrons. The number of hydrogen-bond acceptors (Lipinski definition) is 4. The highest BCUT2D eigenvalue weighted by Gasteiger charge is 2.04. The van der Waals surface area contributed by atoms with E-state index in [1.807, 2.05) is 29.0 Å². The second-order valence-electron chi connectivity index (χ2n) is 3.86. The molecule has 0 aromatic carbocycles. The molecule has 0 aliphatic heterocycles. The van der Waals surface area contributed by atoms with Gasteiger partial charge in [0.05, 0.1) is 24.4 Å². The topological polar surface area (TPSA) is 55.1 Å². The number of amides is 1. The third kappa shape index (κ3) is 4.52. The van der Waals surface area contributed by atoms with Crippen molar-refractivity contribution in [3.63, 3.8) is 0 Å². The molecule has 0 unspecified atom stereocenters. The summed E-state index contributed by atoms with van der Waals surface area (Å²) < 4.78 is 0. The van der Waals surface area contributed by atoms with Crippen LogP contribution in [0.1, 0.15) is 15.3 Å². The van der Waals surface area contributed by atoms with Crippen LogP contribution in [-0.2, 0) is 17.8 Å². The van der Waals surface area contributed by atoms with Crippen LogP contribution in [0.15, 0.2) is 29.0 Å².